The van der Waals surface area contributed by atoms with Crippen molar-refractivity contribution < 1.29 is 15.0 Å². The third-order valence-corrected chi connectivity index (χ3v) is 3.91. The molecule has 1 unspecified atom stereocenters. The predicted molar refractivity (Wildman–Crippen MR) is 95.8 cm³/mol. The number of amides is 1. The summed E-state index contributed by atoms with van der Waals surface area (Å²) in [5, 5.41) is 30.7. The number of nitrogens with zero attached hydrogens (tertiary/aromatic N) is 1. The SMILES string of the molecule is CC(CCNC(=O)C(C#N)=Cc1ccc(O)c(O)c1)c1ccccc1. The summed E-state index contributed by atoms with van der Waals surface area (Å²) in [6, 6.07) is 16.0. The van der Waals surface area contributed by atoms with Gasteiger partial charge in [0.15, 0.2) is 11.5 Å². The van der Waals surface area contributed by atoms with Gasteiger partial charge in [0.25, 0.3) is 5.91 Å². The maximum atomic E-state index is 12.1. The second-order valence-electron chi connectivity index (χ2n) is 5.77. The third kappa shape index (κ3) is 5.11. The minimum absolute atomic E-state index is 0.0579. The van der Waals surface area contributed by atoms with Crippen LogP contribution in [0, 0.1) is 11.3 Å². The molecule has 0 fully saturated rings. The van der Waals surface area contributed by atoms with Crippen LogP contribution >= 0.6 is 0 Å². The minimum atomic E-state index is -0.463. The van der Waals surface area contributed by atoms with E-state index in [4.69, 9.17) is 0 Å². The molecule has 1 atom stereocenters. The minimum Gasteiger partial charge on any atom is -0.504 e. The van der Waals surface area contributed by atoms with Crippen LogP contribution in [0.15, 0.2) is 54.1 Å². The number of aromatic hydroxyl groups is 2. The first kappa shape index (κ1) is 18.1. The maximum absolute atomic E-state index is 12.1. The van der Waals surface area contributed by atoms with E-state index in [-0.39, 0.29) is 17.1 Å². The highest BCUT2D eigenvalue weighted by atomic mass is 16.3. The van der Waals surface area contributed by atoms with Gasteiger partial charge in [-0.05, 0) is 41.7 Å². The predicted octanol–water partition coefficient (Wildman–Crippen LogP) is 3.31. The van der Waals surface area contributed by atoms with Crippen LogP contribution in [0.1, 0.15) is 30.4 Å². The van der Waals surface area contributed by atoms with Crippen molar-refractivity contribution >= 4 is 12.0 Å². The monoisotopic (exact) mass is 336 g/mol. The van der Waals surface area contributed by atoms with Gasteiger partial charge in [0, 0.05) is 6.54 Å². The molecule has 0 bridgehead atoms. The van der Waals surface area contributed by atoms with Crippen LogP contribution in [0.4, 0.5) is 0 Å². The average Bonchev–Trinajstić information content (AvgIpc) is 2.63. The van der Waals surface area contributed by atoms with Crippen molar-refractivity contribution in [1.29, 1.82) is 5.26 Å². The lowest BCUT2D eigenvalue weighted by molar-refractivity contribution is -0.117. The molecule has 2 aromatic rings. The molecule has 0 aliphatic heterocycles. The number of carbonyl (C=O) groups excluding carboxylic acids is 1. The Morgan fingerprint density at radius 1 is 1.20 bits per heavy atom. The fraction of sp³-hybridized carbons (Fsp3) is 0.200. The number of benzene rings is 2. The van der Waals surface area contributed by atoms with Crippen LogP contribution in [-0.4, -0.2) is 22.7 Å². The lowest BCUT2D eigenvalue weighted by atomic mass is 9.98. The maximum Gasteiger partial charge on any atom is 0.261 e. The van der Waals surface area contributed by atoms with Crippen molar-refractivity contribution in [3.05, 3.63) is 65.2 Å². The molecule has 2 aromatic carbocycles. The summed E-state index contributed by atoms with van der Waals surface area (Å²) in [5.41, 5.74) is 1.60. The van der Waals surface area contributed by atoms with Crippen LogP contribution in [0.2, 0.25) is 0 Å². The van der Waals surface area contributed by atoms with Crippen molar-refractivity contribution in [2.45, 2.75) is 19.3 Å². The number of nitrogens with one attached hydrogen (secondary N) is 1. The van der Waals surface area contributed by atoms with E-state index in [2.05, 4.69) is 12.2 Å². The molecule has 0 saturated heterocycles. The molecule has 2 rings (SSSR count). The van der Waals surface area contributed by atoms with Gasteiger partial charge in [0.05, 0.1) is 0 Å². The first-order valence-electron chi connectivity index (χ1n) is 7.98. The number of rotatable bonds is 6. The standard InChI is InChI=1S/C20H20N2O3/c1-14(16-5-3-2-4-6-16)9-10-22-20(25)17(13-21)11-15-7-8-18(23)19(24)12-15/h2-8,11-12,14,23-24H,9-10H2,1H3,(H,22,25). The number of nitriles is 1. The molecule has 25 heavy (non-hydrogen) atoms. The number of hydrogen-bond acceptors (Lipinski definition) is 4. The summed E-state index contributed by atoms with van der Waals surface area (Å²) in [6.45, 7) is 2.54. The largest absolute Gasteiger partial charge is 0.504 e. The smallest absolute Gasteiger partial charge is 0.261 e. The van der Waals surface area contributed by atoms with E-state index >= 15 is 0 Å². The van der Waals surface area contributed by atoms with Gasteiger partial charge in [-0.25, -0.2) is 0 Å². The zero-order valence-electron chi connectivity index (χ0n) is 13.9. The Hall–Kier alpha value is -3.26. The Labute approximate surface area is 146 Å². The van der Waals surface area contributed by atoms with Crippen LogP contribution in [0.5, 0.6) is 11.5 Å². The van der Waals surface area contributed by atoms with Gasteiger partial charge in [-0.15, -0.1) is 0 Å². The molecule has 0 aliphatic carbocycles. The molecular weight excluding hydrogens is 316 g/mol. The Kier molecular flexibility index (Phi) is 6.19. The Bertz CT molecular complexity index is 807. The average molecular weight is 336 g/mol. The molecule has 0 saturated carbocycles. The normalized spacial score (nSPS) is 12.2. The van der Waals surface area contributed by atoms with Gasteiger partial charge in [-0.2, -0.15) is 5.26 Å². The fourth-order valence-corrected chi connectivity index (χ4v) is 2.39. The Morgan fingerprint density at radius 2 is 1.92 bits per heavy atom. The third-order valence-electron chi connectivity index (χ3n) is 3.91. The lowest BCUT2D eigenvalue weighted by Gasteiger charge is -2.12. The zero-order valence-corrected chi connectivity index (χ0v) is 13.9. The molecule has 0 heterocycles. The first-order valence-corrected chi connectivity index (χ1v) is 7.98. The van der Waals surface area contributed by atoms with Crippen LogP contribution in [0.3, 0.4) is 0 Å². The molecule has 5 heteroatoms. The van der Waals surface area contributed by atoms with E-state index in [0.29, 0.717) is 18.0 Å². The Balaban J connectivity index is 1.95. The molecule has 0 spiro atoms. The van der Waals surface area contributed by atoms with E-state index < -0.39 is 5.91 Å². The first-order chi connectivity index (χ1) is 12.0. The van der Waals surface area contributed by atoms with E-state index in [0.717, 1.165) is 6.42 Å². The highest BCUT2D eigenvalue weighted by Gasteiger charge is 2.11. The van der Waals surface area contributed by atoms with Gasteiger partial charge in [-0.3, -0.25) is 4.79 Å². The van der Waals surface area contributed by atoms with E-state index in [1.54, 1.807) is 0 Å². The topological polar surface area (TPSA) is 93.4 Å². The van der Waals surface area contributed by atoms with Gasteiger partial charge in [0.1, 0.15) is 11.6 Å². The molecular formula is C20H20N2O3. The summed E-state index contributed by atoms with van der Waals surface area (Å²) in [7, 11) is 0. The van der Waals surface area contributed by atoms with Crippen molar-refractivity contribution in [1.82, 2.24) is 5.32 Å². The second-order valence-corrected chi connectivity index (χ2v) is 5.77. The molecule has 0 aromatic heterocycles. The highest BCUT2D eigenvalue weighted by molar-refractivity contribution is 6.01. The molecule has 128 valence electrons. The summed E-state index contributed by atoms with van der Waals surface area (Å²) in [4.78, 5) is 12.1. The molecule has 3 N–H and O–H groups in total. The van der Waals surface area contributed by atoms with Crippen molar-refractivity contribution in [3.63, 3.8) is 0 Å². The van der Waals surface area contributed by atoms with E-state index in [1.165, 1.54) is 29.8 Å². The number of hydrogen-bond donors (Lipinski definition) is 3. The quantitative estimate of drug-likeness (QED) is 0.428. The number of carbonyl (C=O) groups is 1. The molecule has 1 amide bonds. The van der Waals surface area contributed by atoms with Crippen LogP contribution < -0.4 is 5.32 Å². The number of phenolic OH excluding ortho intramolecular Hbond substituents is 2. The van der Waals surface area contributed by atoms with Gasteiger partial charge >= 0.3 is 0 Å². The van der Waals surface area contributed by atoms with Crippen molar-refractivity contribution in [2.24, 2.45) is 0 Å². The lowest BCUT2D eigenvalue weighted by Crippen LogP contribution is -2.26. The molecule has 0 radical (unpaired) electrons. The summed E-state index contributed by atoms with van der Waals surface area (Å²) in [5.74, 6) is -0.724. The fourth-order valence-electron chi connectivity index (χ4n) is 2.39. The number of phenols is 2. The Morgan fingerprint density at radius 3 is 2.56 bits per heavy atom. The van der Waals surface area contributed by atoms with Gasteiger partial charge in [-0.1, -0.05) is 43.3 Å². The van der Waals surface area contributed by atoms with E-state index in [1.807, 2.05) is 36.4 Å². The van der Waals surface area contributed by atoms with Gasteiger partial charge in [0.2, 0.25) is 0 Å². The summed E-state index contributed by atoms with van der Waals surface area (Å²) < 4.78 is 0. The van der Waals surface area contributed by atoms with Crippen molar-refractivity contribution in [3.8, 4) is 17.6 Å². The summed E-state index contributed by atoms with van der Waals surface area (Å²) >= 11 is 0. The van der Waals surface area contributed by atoms with E-state index in [9.17, 15) is 20.3 Å². The highest BCUT2D eigenvalue weighted by Crippen LogP contribution is 2.26. The molecule has 5 nitrogen and oxygen atoms in total. The van der Waals surface area contributed by atoms with Gasteiger partial charge < -0.3 is 15.5 Å². The summed E-state index contributed by atoms with van der Waals surface area (Å²) in [6.07, 6.45) is 2.13. The van der Waals surface area contributed by atoms with Crippen LogP contribution in [0.25, 0.3) is 6.08 Å². The molecule has 0 aliphatic rings. The van der Waals surface area contributed by atoms with Crippen molar-refractivity contribution in [2.75, 3.05) is 6.54 Å². The zero-order chi connectivity index (χ0) is 18.2. The van der Waals surface area contributed by atoms with Crippen LogP contribution in [-0.2, 0) is 4.79 Å². The second kappa shape index (κ2) is 8.55.